The number of rotatable bonds is 2. The monoisotopic (exact) mass is 262 g/mol. The van der Waals surface area contributed by atoms with Gasteiger partial charge in [-0.15, -0.1) is 0 Å². The van der Waals surface area contributed by atoms with Crippen molar-refractivity contribution in [3.05, 3.63) is 53.6 Å². The van der Waals surface area contributed by atoms with E-state index in [9.17, 15) is 8.78 Å². The van der Waals surface area contributed by atoms with Gasteiger partial charge in [-0.05, 0) is 28.3 Å². The molecule has 0 heterocycles. The first-order chi connectivity index (χ1) is 9.06. The molecule has 0 unspecified atom stereocenters. The first-order valence-corrected chi connectivity index (χ1v) is 6.59. The van der Waals surface area contributed by atoms with Gasteiger partial charge in [-0.2, -0.15) is 0 Å². The largest absolute Gasteiger partial charge is 0.204 e. The van der Waals surface area contributed by atoms with Crippen molar-refractivity contribution in [1.82, 2.24) is 0 Å². The summed E-state index contributed by atoms with van der Waals surface area (Å²) in [5.74, 6) is -1.39. The number of halogens is 2. The molecular weight excluding hydrogens is 242 g/mol. The molecule has 0 aliphatic carbocycles. The fourth-order valence-corrected chi connectivity index (χ4v) is 2.13. The first kappa shape index (κ1) is 15.4. The van der Waals surface area contributed by atoms with Crippen molar-refractivity contribution in [1.29, 1.82) is 0 Å². The molecule has 2 aromatic carbocycles. The predicted molar refractivity (Wildman–Crippen MR) is 79.4 cm³/mol. The molecule has 0 spiro atoms. The molecular formula is C17H20F2. The second-order valence-electron chi connectivity index (χ2n) is 4.39. The smallest absolute Gasteiger partial charge is 0.166 e. The third kappa shape index (κ3) is 2.83. The maximum atomic E-state index is 13.7. The summed E-state index contributed by atoms with van der Waals surface area (Å²) in [5, 5.41) is 1.47. The van der Waals surface area contributed by atoms with Crippen molar-refractivity contribution in [3.63, 3.8) is 0 Å². The molecule has 2 heteroatoms. The van der Waals surface area contributed by atoms with Gasteiger partial charge in [0.1, 0.15) is 0 Å². The maximum absolute atomic E-state index is 13.7. The van der Waals surface area contributed by atoms with Gasteiger partial charge in [0.25, 0.3) is 0 Å². The van der Waals surface area contributed by atoms with Gasteiger partial charge in [0.2, 0.25) is 0 Å². The fraction of sp³-hybridized carbons (Fsp3) is 0.294. The summed E-state index contributed by atoms with van der Waals surface area (Å²) in [6.45, 7) is 11.6. The quantitative estimate of drug-likeness (QED) is 0.631. The van der Waals surface area contributed by atoms with Gasteiger partial charge in [-0.3, -0.25) is 0 Å². The highest BCUT2D eigenvalue weighted by Gasteiger charge is 2.15. The van der Waals surface area contributed by atoms with E-state index < -0.39 is 11.6 Å². The lowest BCUT2D eigenvalue weighted by Gasteiger charge is -2.13. The van der Waals surface area contributed by atoms with Crippen LogP contribution in [0.1, 0.15) is 44.7 Å². The molecule has 102 valence electrons. The van der Waals surface area contributed by atoms with Crippen LogP contribution in [-0.2, 0) is 0 Å². The van der Waals surface area contributed by atoms with Gasteiger partial charge in [0.15, 0.2) is 11.6 Å². The first-order valence-electron chi connectivity index (χ1n) is 6.59. The summed E-state index contributed by atoms with van der Waals surface area (Å²) >= 11 is 0. The molecule has 0 aliphatic rings. The third-order valence-electron chi connectivity index (χ3n) is 2.95. The van der Waals surface area contributed by atoms with Crippen LogP contribution in [0.25, 0.3) is 16.8 Å². The van der Waals surface area contributed by atoms with Crippen LogP contribution in [0.4, 0.5) is 8.78 Å². The average molecular weight is 262 g/mol. The van der Waals surface area contributed by atoms with Crippen molar-refractivity contribution in [3.8, 4) is 0 Å². The molecule has 0 amide bonds. The zero-order valence-corrected chi connectivity index (χ0v) is 11.9. The Hall–Kier alpha value is -1.70. The van der Waals surface area contributed by atoms with Crippen LogP contribution in [0.2, 0.25) is 0 Å². The Bertz CT molecular complexity index is 583. The zero-order valence-electron chi connectivity index (χ0n) is 11.9. The number of fused-ring (bicyclic) bond motifs is 1. The van der Waals surface area contributed by atoms with Crippen molar-refractivity contribution < 1.29 is 8.78 Å². The predicted octanol–water partition coefficient (Wildman–Crippen LogP) is 5.91. The molecule has 0 atom stereocenters. The standard InChI is InChI=1S/C15H14F2.C2H6/c1-4-11-14-10(8-13(16)15(11)17)6-5-7-12(14)9(2)3;1-2/h4-9H,1H2,2-3H3;1-2H3. The Labute approximate surface area is 113 Å². The molecule has 2 rings (SSSR count). The Balaban J connectivity index is 0.000000861. The van der Waals surface area contributed by atoms with Crippen LogP contribution in [-0.4, -0.2) is 0 Å². The normalized spacial score (nSPS) is 10.3. The van der Waals surface area contributed by atoms with E-state index in [0.717, 1.165) is 10.9 Å². The summed E-state index contributed by atoms with van der Waals surface area (Å²) in [4.78, 5) is 0. The summed E-state index contributed by atoms with van der Waals surface area (Å²) in [6, 6.07) is 6.83. The van der Waals surface area contributed by atoms with Gasteiger partial charge >= 0.3 is 0 Å². The molecule has 0 aromatic heterocycles. The maximum Gasteiger partial charge on any atom is 0.166 e. The average Bonchev–Trinajstić information content (AvgIpc) is 2.42. The molecule has 0 nitrogen and oxygen atoms in total. The van der Waals surface area contributed by atoms with Gasteiger partial charge in [0.05, 0.1) is 0 Å². The van der Waals surface area contributed by atoms with Crippen LogP contribution in [0.5, 0.6) is 0 Å². The van der Waals surface area contributed by atoms with Gasteiger partial charge in [-0.25, -0.2) is 8.78 Å². The van der Waals surface area contributed by atoms with E-state index in [1.54, 1.807) is 6.07 Å². The van der Waals surface area contributed by atoms with Crippen LogP contribution in [0.15, 0.2) is 30.8 Å². The van der Waals surface area contributed by atoms with Crippen molar-refractivity contribution in [2.75, 3.05) is 0 Å². The van der Waals surface area contributed by atoms with E-state index in [1.165, 1.54) is 12.1 Å². The van der Waals surface area contributed by atoms with Crippen LogP contribution >= 0.6 is 0 Å². The second kappa shape index (κ2) is 6.46. The van der Waals surface area contributed by atoms with Gasteiger partial charge in [0, 0.05) is 5.56 Å². The van der Waals surface area contributed by atoms with Gasteiger partial charge in [-0.1, -0.05) is 58.5 Å². The van der Waals surface area contributed by atoms with Crippen molar-refractivity contribution >= 4 is 16.8 Å². The van der Waals surface area contributed by atoms with Crippen molar-refractivity contribution in [2.45, 2.75) is 33.6 Å². The SMILES string of the molecule is C=Cc1c(F)c(F)cc2cccc(C(C)C)c12.CC. The minimum Gasteiger partial charge on any atom is -0.204 e. The third-order valence-corrected chi connectivity index (χ3v) is 2.95. The Morgan fingerprint density at radius 1 is 1.16 bits per heavy atom. The fourth-order valence-electron chi connectivity index (χ4n) is 2.13. The summed E-state index contributed by atoms with van der Waals surface area (Å²) in [6.07, 6.45) is 1.38. The molecule has 0 N–H and O–H groups in total. The molecule has 0 aliphatic heterocycles. The molecule has 0 saturated heterocycles. The summed E-state index contributed by atoms with van der Waals surface area (Å²) < 4.78 is 27.1. The minimum absolute atomic E-state index is 0.252. The molecule has 0 bridgehead atoms. The highest BCUT2D eigenvalue weighted by Crippen LogP contribution is 2.31. The Morgan fingerprint density at radius 2 is 1.79 bits per heavy atom. The van der Waals surface area contributed by atoms with E-state index in [1.807, 2.05) is 39.8 Å². The van der Waals surface area contributed by atoms with E-state index in [0.29, 0.717) is 5.39 Å². The van der Waals surface area contributed by atoms with E-state index in [-0.39, 0.29) is 11.5 Å². The lowest BCUT2D eigenvalue weighted by atomic mass is 9.92. The molecule has 19 heavy (non-hydrogen) atoms. The van der Waals surface area contributed by atoms with Crippen LogP contribution in [0.3, 0.4) is 0 Å². The van der Waals surface area contributed by atoms with Crippen molar-refractivity contribution in [2.24, 2.45) is 0 Å². The lowest BCUT2D eigenvalue weighted by molar-refractivity contribution is 0.509. The number of benzene rings is 2. The highest BCUT2D eigenvalue weighted by molar-refractivity contribution is 5.93. The minimum atomic E-state index is -0.826. The van der Waals surface area contributed by atoms with E-state index in [2.05, 4.69) is 6.58 Å². The van der Waals surface area contributed by atoms with Crippen LogP contribution < -0.4 is 0 Å². The zero-order chi connectivity index (χ0) is 14.6. The second-order valence-corrected chi connectivity index (χ2v) is 4.39. The van der Waals surface area contributed by atoms with Crippen LogP contribution in [0, 0.1) is 11.6 Å². The highest BCUT2D eigenvalue weighted by atomic mass is 19.2. The summed E-state index contributed by atoms with van der Waals surface area (Å²) in [7, 11) is 0. The molecule has 2 aromatic rings. The Morgan fingerprint density at radius 3 is 2.32 bits per heavy atom. The summed E-state index contributed by atoms with van der Waals surface area (Å²) in [5.41, 5.74) is 1.26. The Kier molecular flexibility index (Phi) is 5.22. The molecule has 0 fully saturated rings. The molecule has 0 saturated carbocycles. The van der Waals surface area contributed by atoms with Gasteiger partial charge < -0.3 is 0 Å². The number of hydrogen-bond acceptors (Lipinski definition) is 0. The number of hydrogen-bond donors (Lipinski definition) is 0. The van der Waals surface area contributed by atoms with E-state index in [4.69, 9.17) is 0 Å². The van der Waals surface area contributed by atoms with E-state index >= 15 is 0 Å². The lowest BCUT2D eigenvalue weighted by Crippen LogP contribution is -1.96. The molecule has 0 radical (unpaired) electrons. The topological polar surface area (TPSA) is 0 Å².